The van der Waals surface area contributed by atoms with E-state index in [-0.39, 0.29) is 0 Å². The summed E-state index contributed by atoms with van der Waals surface area (Å²) >= 11 is 6.12. The molecule has 0 radical (unpaired) electrons. The molecule has 0 unspecified atom stereocenters. The van der Waals surface area contributed by atoms with Crippen molar-refractivity contribution in [3.63, 3.8) is 0 Å². The summed E-state index contributed by atoms with van der Waals surface area (Å²) in [6.07, 6.45) is 0. The van der Waals surface area contributed by atoms with Crippen LogP contribution in [0.5, 0.6) is 5.75 Å². The second-order valence-corrected chi connectivity index (χ2v) is 5.14. The van der Waals surface area contributed by atoms with E-state index in [0.29, 0.717) is 10.7 Å². The van der Waals surface area contributed by atoms with E-state index in [1.165, 1.54) is 0 Å². The molecule has 2 N–H and O–H groups in total. The molecule has 0 saturated heterocycles. The zero-order valence-electron chi connectivity index (χ0n) is 11.9. The van der Waals surface area contributed by atoms with Crippen LogP contribution < -0.4 is 10.5 Å². The van der Waals surface area contributed by atoms with E-state index in [2.05, 4.69) is 11.5 Å². The number of fused-ring (bicyclic) bond motifs is 1. The Kier molecular flexibility index (Phi) is 3.47. The topological polar surface area (TPSA) is 53.1 Å². The predicted octanol–water partition coefficient (Wildman–Crippen LogP) is 3.97. The number of halogens is 1. The number of para-hydroxylation sites is 1. The van der Waals surface area contributed by atoms with E-state index >= 15 is 0 Å². The monoisotopic (exact) mass is 301 g/mol. The second-order valence-electron chi connectivity index (χ2n) is 4.74. The molecule has 0 bridgehead atoms. The number of ether oxygens (including phenoxy) is 1. The molecule has 0 fully saturated rings. The van der Waals surface area contributed by atoms with Crippen molar-refractivity contribution >= 4 is 28.3 Å². The van der Waals surface area contributed by atoms with Crippen LogP contribution in [0.4, 0.5) is 5.69 Å². The highest BCUT2D eigenvalue weighted by Gasteiger charge is 2.15. The number of anilines is 1. The molecule has 0 saturated carbocycles. The third-order valence-electron chi connectivity index (χ3n) is 3.57. The molecule has 1 heterocycles. The van der Waals surface area contributed by atoms with E-state index in [0.717, 1.165) is 34.7 Å². The lowest BCUT2D eigenvalue weighted by Crippen LogP contribution is -2.00. The van der Waals surface area contributed by atoms with E-state index in [1.807, 2.05) is 30.3 Å². The summed E-state index contributed by atoms with van der Waals surface area (Å²) in [5.41, 5.74) is 9.43. The highest BCUT2D eigenvalue weighted by atomic mass is 35.5. The molecule has 0 spiro atoms. The van der Waals surface area contributed by atoms with E-state index in [4.69, 9.17) is 27.1 Å². The second kappa shape index (κ2) is 5.30. The SMILES string of the molecule is CCn1c(-c2cccc(Cl)c2N)nc2cc(OC)ccc21. The van der Waals surface area contributed by atoms with Gasteiger partial charge in [0.2, 0.25) is 0 Å². The first-order chi connectivity index (χ1) is 10.2. The molecule has 108 valence electrons. The molecule has 5 heteroatoms. The van der Waals surface area contributed by atoms with Crippen LogP contribution in [-0.4, -0.2) is 16.7 Å². The minimum Gasteiger partial charge on any atom is -0.497 e. The number of benzene rings is 2. The maximum atomic E-state index is 6.12. The van der Waals surface area contributed by atoms with Crippen LogP contribution in [0.3, 0.4) is 0 Å². The number of methoxy groups -OCH3 is 1. The van der Waals surface area contributed by atoms with E-state index in [1.54, 1.807) is 13.2 Å². The van der Waals surface area contributed by atoms with Crippen LogP contribution in [0, 0.1) is 0 Å². The van der Waals surface area contributed by atoms with Gasteiger partial charge < -0.3 is 15.0 Å². The van der Waals surface area contributed by atoms with Gasteiger partial charge in [-0.15, -0.1) is 0 Å². The van der Waals surface area contributed by atoms with Gasteiger partial charge in [-0.25, -0.2) is 4.98 Å². The normalized spacial score (nSPS) is 11.0. The molecule has 0 amide bonds. The van der Waals surface area contributed by atoms with E-state index in [9.17, 15) is 0 Å². The van der Waals surface area contributed by atoms with Gasteiger partial charge >= 0.3 is 0 Å². The Hall–Kier alpha value is -2.20. The number of hydrogen-bond acceptors (Lipinski definition) is 3. The van der Waals surface area contributed by atoms with Gasteiger partial charge in [-0.2, -0.15) is 0 Å². The van der Waals surface area contributed by atoms with Crippen LogP contribution in [0.25, 0.3) is 22.4 Å². The summed E-state index contributed by atoms with van der Waals surface area (Å²) in [7, 11) is 1.65. The highest BCUT2D eigenvalue weighted by Crippen LogP contribution is 2.33. The summed E-state index contributed by atoms with van der Waals surface area (Å²) < 4.78 is 7.38. The number of imidazole rings is 1. The Morgan fingerprint density at radius 3 is 2.81 bits per heavy atom. The van der Waals surface area contributed by atoms with E-state index < -0.39 is 0 Å². The predicted molar refractivity (Wildman–Crippen MR) is 86.8 cm³/mol. The minimum atomic E-state index is 0.541. The van der Waals surface area contributed by atoms with Crippen molar-refractivity contribution in [1.29, 1.82) is 0 Å². The zero-order chi connectivity index (χ0) is 15.0. The lowest BCUT2D eigenvalue weighted by atomic mass is 10.1. The Morgan fingerprint density at radius 2 is 2.10 bits per heavy atom. The van der Waals surface area contributed by atoms with Gasteiger partial charge in [0.05, 0.1) is 28.9 Å². The van der Waals surface area contributed by atoms with Crippen molar-refractivity contribution in [1.82, 2.24) is 9.55 Å². The maximum absolute atomic E-state index is 6.12. The van der Waals surface area contributed by atoms with Crippen LogP contribution in [-0.2, 0) is 6.54 Å². The first-order valence-corrected chi connectivity index (χ1v) is 7.12. The first kappa shape index (κ1) is 13.8. The fourth-order valence-corrected chi connectivity index (χ4v) is 2.67. The van der Waals surface area contributed by atoms with Gasteiger partial charge in [-0.1, -0.05) is 17.7 Å². The molecular weight excluding hydrogens is 286 g/mol. The van der Waals surface area contributed by atoms with Crippen molar-refractivity contribution in [3.8, 4) is 17.1 Å². The maximum Gasteiger partial charge on any atom is 0.143 e. The van der Waals surface area contributed by atoms with Gasteiger partial charge in [0.25, 0.3) is 0 Å². The van der Waals surface area contributed by atoms with Crippen LogP contribution in [0.2, 0.25) is 5.02 Å². The summed E-state index contributed by atoms with van der Waals surface area (Å²) in [6.45, 7) is 2.87. The summed E-state index contributed by atoms with van der Waals surface area (Å²) in [4.78, 5) is 4.71. The third-order valence-corrected chi connectivity index (χ3v) is 3.90. The minimum absolute atomic E-state index is 0.541. The first-order valence-electron chi connectivity index (χ1n) is 6.74. The number of nitrogens with zero attached hydrogens (tertiary/aromatic N) is 2. The van der Waals surface area contributed by atoms with Crippen LogP contribution in [0.15, 0.2) is 36.4 Å². The number of aromatic nitrogens is 2. The average Bonchev–Trinajstić information content (AvgIpc) is 2.87. The molecule has 1 aromatic heterocycles. The molecule has 0 aliphatic heterocycles. The van der Waals surface area contributed by atoms with Crippen LogP contribution in [0.1, 0.15) is 6.92 Å². The van der Waals surface area contributed by atoms with Gasteiger partial charge in [-0.3, -0.25) is 0 Å². The molecule has 4 nitrogen and oxygen atoms in total. The van der Waals surface area contributed by atoms with Crippen molar-refractivity contribution < 1.29 is 4.74 Å². The average molecular weight is 302 g/mol. The van der Waals surface area contributed by atoms with Gasteiger partial charge in [0.15, 0.2) is 0 Å². The number of aryl methyl sites for hydroxylation is 1. The summed E-state index contributed by atoms with van der Waals surface area (Å²) in [5.74, 6) is 1.61. The fourth-order valence-electron chi connectivity index (χ4n) is 2.49. The van der Waals surface area contributed by atoms with Crippen molar-refractivity contribution in [2.24, 2.45) is 0 Å². The number of hydrogen-bond donors (Lipinski definition) is 1. The van der Waals surface area contributed by atoms with Gasteiger partial charge in [0.1, 0.15) is 11.6 Å². The smallest absolute Gasteiger partial charge is 0.143 e. The van der Waals surface area contributed by atoms with Gasteiger partial charge in [-0.05, 0) is 31.2 Å². The van der Waals surface area contributed by atoms with Crippen molar-refractivity contribution in [2.45, 2.75) is 13.5 Å². The number of nitrogens with two attached hydrogens (primary N) is 1. The quantitative estimate of drug-likeness (QED) is 0.745. The Morgan fingerprint density at radius 1 is 1.29 bits per heavy atom. The molecule has 0 aliphatic rings. The molecule has 21 heavy (non-hydrogen) atoms. The lowest BCUT2D eigenvalue weighted by Gasteiger charge is -2.09. The fraction of sp³-hybridized carbons (Fsp3) is 0.188. The molecule has 3 aromatic rings. The standard InChI is InChI=1S/C16H16ClN3O/c1-3-20-14-8-7-10(21-2)9-13(14)19-16(20)11-5-4-6-12(17)15(11)18/h4-9H,3,18H2,1-2H3. The molecule has 0 aliphatic carbocycles. The van der Waals surface area contributed by atoms with Crippen molar-refractivity contribution in [3.05, 3.63) is 41.4 Å². The Balaban J connectivity index is 2.29. The molecular formula is C16H16ClN3O. The van der Waals surface area contributed by atoms with Gasteiger partial charge in [0, 0.05) is 18.2 Å². The Bertz CT molecular complexity index is 811. The van der Waals surface area contributed by atoms with Crippen LogP contribution >= 0.6 is 11.6 Å². The summed E-state index contributed by atoms with van der Waals surface area (Å²) in [6, 6.07) is 11.5. The molecule has 0 atom stereocenters. The summed E-state index contributed by atoms with van der Waals surface area (Å²) in [5, 5.41) is 0.541. The third kappa shape index (κ3) is 2.21. The molecule has 2 aromatic carbocycles. The largest absolute Gasteiger partial charge is 0.497 e. The number of rotatable bonds is 3. The Labute approximate surface area is 128 Å². The highest BCUT2D eigenvalue weighted by molar-refractivity contribution is 6.33. The lowest BCUT2D eigenvalue weighted by molar-refractivity contribution is 0.415. The number of nitrogen functional groups attached to an aromatic ring is 1. The molecule has 3 rings (SSSR count). The van der Waals surface area contributed by atoms with Crippen molar-refractivity contribution in [2.75, 3.05) is 12.8 Å². The zero-order valence-corrected chi connectivity index (χ0v) is 12.7.